The topological polar surface area (TPSA) is 124 Å². The van der Waals surface area contributed by atoms with Crippen LogP contribution in [0.15, 0.2) is 83.7 Å². The van der Waals surface area contributed by atoms with Crippen LogP contribution in [0.5, 0.6) is 0 Å². The minimum atomic E-state index is -0.641. The zero-order chi connectivity index (χ0) is 27.2. The van der Waals surface area contributed by atoms with Crippen molar-refractivity contribution in [2.75, 3.05) is 37.5 Å². The van der Waals surface area contributed by atoms with Gasteiger partial charge < -0.3 is 16.0 Å². The van der Waals surface area contributed by atoms with Gasteiger partial charge in [-0.05, 0) is 35.9 Å². The molecule has 2 heterocycles. The van der Waals surface area contributed by atoms with E-state index in [9.17, 15) is 19.7 Å². The monoisotopic (exact) mass is 569 g/mol. The molecule has 0 aliphatic carbocycles. The normalized spacial score (nSPS) is 12.8. The number of pyridine rings is 1. The fraction of sp³-hybridized carbons (Fsp3) is 0.214. The number of para-hydroxylation sites is 1. The first kappa shape index (κ1) is 29.6. The van der Waals surface area contributed by atoms with E-state index in [0.717, 1.165) is 5.56 Å². The smallest absolute Gasteiger partial charge is 0.357 e. The second-order valence-electron chi connectivity index (χ2n) is 8.63. The number of piperazine rings is 1. The van der Waals surface area contributed by atoms with Crippen LogP contribution in [0.2, 0.25) is 5.02 Å². The van der Waals surface area contributed by atoms with E-state index in [-0.39, 0.29) is 18.6 Å². The number of benzene rings is 3. The van der Waals surface area contributed by atoms with Gasteiger partial charge >= 0.3 is 11.2 Å². The van der Waals surface area contributed by atoms with E-state index in [0.29, 0.717) is 53.4 Å². The van der Waals surface area contributed by atoms with Gasteiger partial charge in [0.25, 0.3) is 5.91 Å². The van der Waals surface area contributed by atoms with Crippen molar-refractivity contribution in [1.29, 1.82) is 0 Å². The second-order valence-corrected chi connectivity index (χ2v) is 9.07. The second kappa shape index (κ2) is 13.2. The molecule has 0 saturated carbocycles. The Balaban J connectivity index is 0.00000137. The van der Waals surface area contributed by atoms with Crippen LogP contribution >= 0.6 is 23.2 Å². The van der Waals surface area contributed by atoms with Gasteiger partial charge in [0.15, 0.2) is 0 Å². The van der Waals surface area contributed by atoms with Crippen LogP contribution in [0.3, 0.4) is 0 Å². The maximum absolute atomic E-state index is 13.5. The molecule has 11 heteroatoms. The zero-order valence-corrected chi connectivity index (χ0v) is 22.9. The first-order valence-electron chi connectivity index (χ1n) is 12.0. The third-order valence-corrected chi connectivity index (χ3v) is 6.71. The molecule has 0 atom stereocenters. The number of hydrogen-bond acceptors (Lipinski definition) is 6. The van der Waals surface area contributed by atoms with E-state index >= 15 is 0 Å². The molecule has 3 N–H and O–H groups in total. The predicted molar refractivity (Wildman–Crippen MR) is 157 cm³/mol. The minimum absolute atomic E-state index is 0. The number of nitrogens with zero attached hydrogens (tertiary/aromatic N) is 4. The number of hydrogen-bond donors (Lipinski definition) is 1. The predicted octanol–water partition coefficient (Wildman–Crippen LogP) is 5.59. The number of carbonyl (C=O) groups is 1. The summed E-state index contributed by atoms with van der Waals surface area (Å²) in [5.41, 5.74) is 1.27. The average molecular weight is 570 g/mol. The van der Waals surface area contributed by atoms with E-state index in [4.69, 9.17) is 11.6 Å². The fourth-order valence-corrected chi connectivity index (χ4v) is 4.82. The summed E-state index contributed by atoms with van der Waals surface area (Å²) < 4.78 is 1.46. The van der Waals surface area contributed by atoms with Gasteiger partial charge in [-0.2, -0.15) is 0 Å². The van der Waals surface area contributed by atoms with Gasteiger partial charge in [0, 0.05) is 48.5 Å². The molecule has 9 nitrogen and oxygen atoms in total. The van der Waals surface area contributed by atoms with Crippen LogP contribution in [0.25, 0.3) is 10.9 Å². The van der Waals surface area contributed by atoms with Crippen molar-refractivity contribution in [3.63, 3.8) is 0 Å². The summed E-state index contributed by atoms with van der Waals surface area (Å²) >= 11 is 10.6. The lowest BCUT2D eigenvalue weighted by Gasteiger charge is -2.36. The highest BCUT2D eigenvalue weighted by atomic mass is 35.5. The number of rotatable bonds is 5. The van der Waals surface area contributed by atoms with Gasteiger partial charge in [0.1, 0.15) is 5.69 Å². The molecule has 0 radical (unpaired) electrons. The Morgan fingerprint density at radius 2 is 1.49 bits per heavy atom. The van der Waals surface area contributed by atoms with Gasteiger partial charge in [-0.3, -0.25) is 24.3 Å². The third-order valence-electron chi connectivity index (χ3n) is 6.46. The van der Waals surface area contributed by atoms with Crippen molar-refractivity contribution >= 4 is 51.4 Å². The lowest BCUT2D eigenvalue weighted by Crippen LogP contribution is -2.49. The first-order chi connectivity index (χ1) is 18.4. The van der Waals surface area contributed by atoms with E-state index in [1.807, 2.05) is 59.5 Å². The molecule has 3 aromatic carbocycles. The quantitative estimate of drug-likeness (QED) is 0.190. The van der Waals surface area contributed by atoms with Crippen molar-refractivity contribution in [1.82, 2.24) is 15.6 Å². The van der Waals surface area contributed by atoms with E-state index in [2.05, 4.69) is 11.6 Å². The summed E-state index contributed by atoms with van der Waals surface area (Å²) in [7, 11) is 0. The molecule has 39 heavy (non-hydrogen) atoms. The molecule has 4 aromatic rings. The number of halogens is 2. The summed E-state index contributed by atoms with van der Waals surface area (Å²) in [4.78, 5) is 41.6. The van der Waals surface area contributed by atoms with Crippen LogP contribution in [-0.4, -0.2) is 52.9 Å². The minimum Gasteiger partial charge on any atom is -0.362 e. The number of anilines is 1. The van der Waals surface area contributed by atoms with Gasteiger partial charge in [0.2, 0.25) is 0 Å². The molecule has 1 aromatic heterocycles. The third kappa shape index (κ3) is 6.22. The van der Waals surface area contributed by atoms with Crippen molar-refractivity contribution < 1.29 is 9.72 Å². The van der Waals surface area contributed by atoms with Crippen molar-refractivity contribution in [3.8, 4) is 0 Å². The Morgan fingerprint density at radius 1 is 0.897 bits per heavy atom. The first-order valence-corrected chi connectivity index (χ1v) is 13.1. The molecule has 1 saturated heterocycles. The van der Waals surface area contributed by atoms with Crippen molar-refractivity contribution in [2.24, 2.45) is 0 Å². The summed E-state index contributed by atoms with van der Waals surface area (Å²) in [5, 5.41) is 13.4. The number of carbonyl (C=O) groups excluding carboxylic acids is 1. The summed E-state index contributed by atoms with van der Waals surface area (Å²) in [5.74, 6) is -0.121. The Labute approximate surface area is 235 Å². The van der Waals surface area contributed by atoms with E-state index < -0.39 is 16.2 Å². The number of amides is 1. The average Bonchev–Trinajstić information content (AvgIpc) is 2.96. The summed E-state index contributed by atoms with van der Waals surface area (Å²) in [6.45, 7) is 1.71. The highest BCUT2D eigenvalue weighted by molar-refractivity contribution is 6.30. The Bertz CT molecular complexity index is 1500. The highest BCUT2D eigenvalue weighted by Crippen LogP contribution is 2.34. The highest BCUT2D eigenvalue weighted by Gasteiger charge is 2.32. The number of nitro groups is 1. The SMILES string of the molecule is CCl.N.O=C(c1ccc(Cl)cc1)N1CCN(c2c([N+](=O)[O-])c(=O)n(Cc3ccccc3)c3ccccc23)CC1. The van der Waals surface area contributed by atoms with Crippen LogP contribution < -0.4 is 16.6 Å². The maximum Gasteiger partial charge on any atom is 0.357 e. The maximum atomic E-state index is 13.5. The molecular formula is C28H29Cl2N5O4. The number of aromatic nitrogens is 1. The molecule has 1 aliphatic heterocycles. The lowest BCUT2D eigenvalue weighted by molar-refractivity contribution is -0.385. The summed E-state index contributed by atoms with van der Waals surface area (Å²) in [6, 6.07) is 23.4. The van der Waals surface area contributed by atoms with E-state index in [1.54, 1.807) is 29.2 Å². The zero-order valence-electron chi connectivity index (χ0n) is 21.4. The van der Waals surface area contributed by atoms with Crippen LogP contribution in [0.4, 0.5) is 11.4 Å². The van der Waals surface area contributed by atoms with Crippen LogP contribution in [-0.2, 0) is 6.54 Å². The number of fused-ring (bicyclic) bond motifs is 1. The molecule has 5 rings (SSSR count). The molecule has 1 amide bonds. The molecule has 204 valence electrons. The van der Waals surface area contributed by atoms with Crippen molar-refractivity contribution in [3.05, 3.63) is 115 Å². The van der Waals surface area contributed by atoms with Gasteiger partial charge in [-0.15, -0.1) is 11.6 Å². The Morgan fingerprint density at radius 3 is 2.10 bits per heavy atom. The molecule has 1 fully saturated rings. The van der Waals surface area contributed by atoms with Gasteiger partial charge in [0.05, 0.1) is 17.0 Å². The van der Waals surface area contributed by atoms with Gasteiger partial charge in [-0.1, -0.05) is 60.1 Å². The molecule has 0 unspecified atom stereocenters. The van der Waals surface area contributed by atoms with Gasteiger partial charge in [-0.25, -0.2) is 0 Å². The van der Waals surface area contributed by atoms with Crippen LogP contribution in [0, 0.1) is 10.1 Å². The van der Waals surface area contributed by atoms with E-state index in [1.165, 1.54) is 11.0 Å². The fourth-order valence-electron chi connectivity index (χ4n) is 4.69. The summed E-state index contributed by atoms with van der Waals surface area (Å²) in [6.07, 6.45) is 1.47. The number of alkyl halides is 1. The molecule has 1 aliphatic rings. The molecule has 0 bridgehead atoms. The Kier molecular flexibility index (Phi) is 10.1. The Hall–Kier alpha value is -3.92. The lowest BCUT2D eigenvalue weighted by atomic mass is 10.1. The largest absolute Gasteiger partial charge is 0.362 e. The van der Waals surface area contributed by atoms with Crippen LogP contribution in [0.1, 0.15) is 15.9 Å². The molecular weight excluding hydrogens is 541 g/mol. The standard InChI is InChI=1S/C27H23ClN4O4.CH3Cl.H3N/c28-21-12-10-20(11-13-21)26(33)30-16-14-29(15-17-30)24-22-8-4-5-9-23(22)31(27(34)25(24)32(35)36)18-19-6-2-1-3-7-19;1-2;/h1-13H,14-18H2;1H3;1H3. The molecule has 0 spiro atoms. The van der Waals surface area contributed by atoms with Crippen molar-refractivity contribution in [2.45, 2.75) is 6.54 Å².